The molecule has 2 N–H and O–H groups in total. The molecule has 1 aliphatic heterocycles. The normalized spacial score (nSPS) is 32.9. The molecule has 6 nitrogen and oxygen atoms in total. The van der Waals surface area contributed by atoms with Crippen LogP contribution in [0.2, 0.25) is 0 Å². The van der Waals surface area contributed by atoms with Crippen molar-refractivity contribution in [3.63, 3.8) is 0 Å². The van der Waals surface area contributed by atoms with Gasteiger partial charge in [-0.25, -0.2) is 4.79 Å². The van der Waals surface area contributed by atoms with Gasteiger partial charge in [0.2, 0.25) is 0 Å². The molecular weight excluding hydrogens is 264 g/mol. The summed E-state index contributed by atoms with van der Waals surface area (Å²) < 4.78 is 6.71. The van der Waals surface area contributed by atoms with Gasteiger partial charge in [-0.2, -0.15) is 25.3 Å². The lowest BCUT2D eigenvalue weighted by Gasteiger charge is -2.17. The van der Waals surface area contributed by atoms with Gasteiger partial charge < -0.3 is 9.84 Å². The molecule has 0 radical (unpaired) electrons. The van der Waals surface area contributed by atoms with E-state index in [0.29, 0.717) is 0 Å². The standard InChI is InChI=1S/C9H12N2O4S2/c12-3-4-6(16)7(17)8(15-4)11-2-1-5(13)10-9(11)14/h1-2,4,6-8,12,16-17H,3H2,(H,10,13,14)/t4-,6+,7-,8-/m1/s1. The Labute approximate surface area is 107 Å². The van der Waals surface area contributed by atoms with Gasteiger partial charge >= 0.3 is 5.69 Å². The second-order valence-corrected chi connectivity index (χ2v) is 4.94. The first-order valence-electron chi connectivity index (χ1n) is 4.98. The summed E-state index contributed by atoms with van der Waals surface area (Å²) in [4.78, 5) is 24.7. The second-order valence-electron chi connectivity index (χ2n) is 3.75. The first kappa shape index (κ1) is 12.7. The molecule has 1 aliphatic rings. The number of rotatable bonds is 2. The highest BCUT2D eigenvalue weighted by Crippen LogP contribution is 2.34. The number of aromatic amines is 1. The molecule has 0 saturated carbocycles. The maximum atomic E-state index is 11.6. The molecule has 2 rings (SSSR count). The van der Waals surface area contributed by atoms with Gasteiger partial charge in [0.05, 0.1) is 18.0 Å². The van der Waals surface area contributed by atoms with Crippen LogP contribution in [0.4, 0.5) is 0 Å². The first-order valence-corrected chi connectivity index (χ1v) is 6.02. The lowest BCUT2D eigenvalue weighted by atomic mass is 10.2. The molecule has 4 atom stereocenters. The SMILES string of the molecule is O=c1ccn([C@@H]2O[C@H](CO)[C@H](S)[C@H]2S)c(=O)[nH]1. The minimum atomic E-state index is -0.651. The Hall–Kier alpha value is -0.700. The summed E-state index contributed by atoms with van der Waals surface area (Å²) in [6, 6.07) is 1.23. The highest BCUT2D eigenvalue weighted by atomic mass is 32.1. The number of hydrogen-bond acceptors (Lipinski definition) is 6. The number of aromatic nitrogens is 2. The van der Waals surface area contributed by atoms with Crippen LogP contribution in [0.1, 0.15) is 6.23 Å². The van der Waals surface area contributed by atoms with E-state index in [1.54, 1.807) is 0 Å². The summed E-state index contributed by atoms with van der Waals surface area (Å²) >= 11 is 8.59. The maximum absolute atomic E-state index is 11.6. The van der Waals surface area contributed by atoms with Crippen LogP contribution in [0.3, 0.4) is 0 Å². The summed E-state index contributed by atoms with van der Waals surface area (Å²) in [5, 5.41) is 8.45. The molecule has 1 aromatic rings. The Morgan fingerprint density at radius 3 is 2.65 bits per heavy atom. The van der Waals surface area contributed by atoms with Crippen LogP contribution in [0, 0.1) is 0 Å². The summed E-state index contributed by atoms with van der Waals surface area (Å²) in [7, 11) is 0. The largest absolute Gasteiger partial charge is 0.394 e. The van der Waals surface area contributed by atoms with Crippen LogP contribution in [0.25, 0.3) is 0 Å². The smallest absolute Gasteiger partial charge is 0.330 e. The van der Waals surface area contributed by atoms with E-state index >= 15 is 0 Å². The van der Waals surface area contributed by atoms with Crippen molar-refractivity contribution in [3.8, 4) is 0 Å². The highest BCUT2D eigenvalue weighted by Gasteiger charge is 2.41. The van der Waals surface area contributed by atoms with Crippen LogP contribution in [-0.4, -0.2) is 37.9 Å². The molecular formula is C9H12N2O4S2. The summed E-state index contributed by atoms with van der Waals surface area (Å²) in [6.07, 6.45) is 0.210. The van der Waals surface area contributed by atoms with Gasteiger partial charge in [-0.05, 0) is 0 Å². The molecule has 17 heavy (non-hydrogen) atoms. The molecule has 2 heterocycles. The monoisotopic (exact) mass is 276 g/mol. The number of aliphatic hydroxyl groups excluding tert-OH is 1. The zero-order valence-electron chi connectivity index (χ0n) is 8.68. The lowest BCUT2D eigenvalue weighted by molar-refractivity contribution is -0.0223. The Morgan fingerprint density at radius 1 is 1.41 bits per heavy atom. The molecule has 0 bridgehead atoms. The summed E-state index contributed by atoms with van der Waals surface area (Å²) in [5.74, 6) is 0. The second kappa shape index (κ2) is 4.89. The van der Waals surface area contributed by atoms with E-state index in [9.17, 15) is 9.59 Å². The van der Waals surface area contributed by atoms with Crippen molar-refractivity contribution in [1.29, 1.82) is 0 Å². The van der Waals surface area contributed by atoms with E-state index in [2.05, 4.69) is 30.2 Å². The van der Waals surface area contributed by atoms with Gasteiger partial charge in [0, 0.05) is 17.5 Å². The molecule has 94 valence electrons. The minimum Gasteiger partial charge on any atom is -0.394 e. The molecule has 8 heteroatoms. The lowest BCUT2D eigenvalue weighted by Crippen LogP contribution is -2.34. The number of hydrogen-bond donors (Lipinski definition) is 4. The molecule has 1 fully saturated rings. The average molecular weight is 276 g/mol. The van der Waals surface area contributed by atoms with Crippen molar-refractivity contribution < 1.29 is 9.84 Å². The third-order valence-electron chi connectivity index (χ3n) is 2.64. The van der Waals surface area contributed by atoms with E-state index in [4.69, 9.17) is 9.84 Å². The average Bonchev–Trinajstić information content (AvgIpc) is 2.57. The Kier molecular flexibility index (Phi) is 3.67. The minimum absolute atomic E-state index is 0.195. The van der Waals surface area contributed by atoms with Gasteiger partial charge in [0.1, 0.15) is 0 Å². The number of H-pyrrole nitrogens is 1. The van der Waals surface area contributed by atoms with Gasteiger partial charge in [0.15, 0.2) is 6.23 Å². The van der Waals surface area contributed by atoms with Gasteiger partial charge in [-0.3, -0.25) is 14.3 Å². The number of aliphatic hydroxyl groups is 1. The van der Waals surface area contributed by atoms with Crippen molar-refractivity contribution in [2.75, 3.05) is 6.61 Å². The third kappa shape index (κ3) is 2.30. The molecule has 0 spiro atoms. The zero-order chi connectivity index (χ0) is 12.6. The van der Waals surface area contributed by atoms with Crippen molar-refractivity contribution in [2.24, 2.45) is 0 Å². The van der Waals surface area contributed by atoms with Crippen molar-refractivity contribution >= 4 is 25.3 Å². The van der Waals surface area contributed by atoms with Crippen LogP contribution in [-0.2, 0) is 4.74 Å². The molecule has 0 unspecified atom stereocenters. The Bertz CT molecular complexity index is 514. The molecule has 0 aliphatic carbocycles. The number of nitrogens with zero attached hydrogens (tertiary/aromatic N) is 1. The summed E-state index contributed by atoms with van der Waals surface area (Å²) in [6.45, 7) is -0.195. The van der Waals surface area contributed by atoms with Crippen LogP contribution in [0.5, 0.6) is 0 Å². The molecule has 1 saturated heterocycles. The van der Waals surface area contributed by atoms with Crippen molar-refractivity contribution in [3.05, 3.63) is 33.1 Å². The van der Waals surface area contributed by atoms with E-state index in [0.717, 1.165) is 0 Å². The maximum Gasteiger partial charge on any atom is 0.330 e. The summed E-state index contributed by atoms with van der Waals surface area (Å²) in [5.41, 5.74) is -1.04. The van der Waals surface area contributed by atoms with Gasteiger partial charge in [0.25, 0.3) is 5.56 Å². The Balaban J connectivity index is 2.35. The van der Waals surface area contributed by atoms with Gasteiger partial charge in [-0.15, -0.1) is 0 Å². The van der Waals surface area contributed by atoms with E-state index in [1.807, 2.05) is 0 Å². The molecule has 1 aromatic heterocycles. The molecule has 0 amide bonds. The topological polar surface area (TPSA) is 84.3 Å². The third-order valence-corrected chi connectivity index (χ3v) is 4.11. The van der Waals surface area contributed by atoms with Gasteiger partial charge in [-0.1, -0.05) is 0 Å². The quantitative estimate of drug-likeness (QED) is 0.523. The predicted molar refractivity (Wildman–Crippen MR) is 67.9 cm³/mol. The fourth-order valence-corrected chi connectivity index (χ4v) is 2.46. The highest BCUT2D eigenvalue weighted by molar-refractivity contribution is 7.85. The Morgan fingerprint density at radius 2 is 2.12 bits per heavy atom. The van der Waals surface area contributed by atoms with Crippen LogP contribution in [0.15, 0.2) is 21.9 Å². The van der Waals surface area contributed by atoms with E-state index in [1.165, 1.54) is 16.8 Å². The van der Waals surface area contributed by atoms with Crippen molar-refractivity contribution in [2.45, 2.75) is 22.8 Å². The van der Waals surface area contributed by atoms with Crippen LogP contribution < -0.4 is 11.2 Å². The number of nitrogens with one attached hydrogen (secondary N) is 1. The van der Waals surface area contributed by atoms with E-state index < -0.39 is 23.6 Å². The zero-order valence-corrected chi connectivity index (χ0v) is 10.5. The van der Waals surface area contributed by atoms with Crippen LogP contribution >= 0.6 is 25.3 Å². The first-order chi connectivity index (χ1) is 8.04. The van der Waals surface area contributed by atoms with Crippen molar-refractivity contribution in [1.82, 2.24) is 9.55 Å². The fraction of sp³-hybridized carbons (Fsp3) is 0.556. The van der Waals surface area contributed by atoms with E-state index in [-0.39, 0.29) is 17.1 Å². The fourth-order valence-electron chi connectivity index (χ4n) is 1.74. The predicted octanol–water partition coefficient (Wildman–Crippen LogP) is -0.977. The number of thiol groups is 2. The number of ether oxygens (including phenoxy) is 1. The molecule has 0 aromatic carbocycles.